The molecule has 0 saturated heterocycles. The molecule has 4 nitrogen and oxygen atoms in total. The zero-order valence-electron chi connectivity index (χ0n) is 17.6. The van der Waals surface area contributed by atoms with Gasteiger partial charge in [0.25, 0.3) is 0 Å². The third-order valence-corrected chi connectivity index (χ3v) is 5.90. The van der Waals surface area contributed by atoms with Crippen molar-refractivity contribution in [1.82, 2.24) is 10.2 Å². The van der Waals surface area contributed by atoms with Gasteiger partial charge >= 0.3 is 0 Å². The lowest BCUT2D eigenvalue weighted by molar-refractivity contribution is -0.141. The number of hydrogen-bond acceptors (Lipinski definition) is 2. The number of carbonyl (C=O) groups is 2. The summed E-state index contributed by atoms with van der Waals surface area (Å²) in [5.74, 6) is -1.24. The van der Waals surface area contributed by atoms with E-state index in [-0.39, 0.29) is 29.5 Å². The minimum atomic E-state index is -0.735. The van der Waals surface area contributed by atoms with Crippen LogP contribution in [0.3, 0.4) is 0 Å². The first-order chi connectivity index (χ1) is 14.8. The third-order valence-electron chi connectivity index (χ3n) is 4.96. The maximum atomic E-state index is 14.3. The summed E-state index contributed by atoms with van der Waals surface area (Å²) in [5.41, 5.74) is 0.737. The summed E-state index contributed by atoms with van der Waals surface area (Å²) in [6.45, 7) is 4.46. The molecule has 0 saturated carbocycles. The Kier molecular flexibility index (Phi) is 10.1. The highest BCUT2D eigenvalue weighted by molar-refractivity contribution is 6.35. The van der Waals surface area contributed by atoms with Crippen LogP contribution < -0.4 is 5.32 Å². The van der Waals surface area contributed by atoms with Gasteiger partial charge in [0.05, 0.1) is 6.42 Å². The highest BCUT2D eigenvalue weighted by Gasteiger charge is 2.30. The van der Waals surface area contributed by atoms with Crippen LogP contribution in [-0.4, -0.2) is 29.3 Å². The Bertz CT molecular complexity index is 903. The molecular formula is C23H26Cl3FN2O2. The molecule has 0 heterocycles. The van der Waals surface area contributed by atoms with Crippen molar-refractivity contribution in [3.8, 4) is 0 Å². The largest absolute Gasteiger partial charge is 0.354 e. The van der Waals surface area contributed by atoms with Crippen molar-refractivity contribution in [2.45, 2.75) is 52.1 Å². The number of halogens is 4. The molecule has 2 aromatic rings. The van der Waals surface area contributed by atoms with Gasteiger partial charge in [-0.15, -0.1) is 0 Å². The highest BCUT2D eigenvalue weighted by atomic mass is 35.5. The van der Waals surface area contributed by atoms with E-state index in [0.717, 1.165) is 12.8 Å². The van der Waals surface area contributed by atoms with Gasteiger partial charge in [0.1, 0.15) is 11.9 Å². The summed E-state index contributed by atoms with van der Waals surface area (Å²) < 4.78 is 14.3. The zero-order chi connectivity index (χ0) is 23.0. The van der Waals surface area contributed by atoms with Gasteiger partial charge in [-0.1, -0.05) is 67.2 Å². The van der Waals surface area contributed by atoms with Crippen molar-refractivity contribution in [3.05, 3.63) is 68.4 Å². The molecule has 2 rings (SSSR count). The topological polar surface area (TPSA) is 49.4 Å². The van der Waals surface area contributed by atoms with E-state index in [1.807, 2.05) is 13.8 Å². The normalized spacial score (nSPS) is 11.8. The number of amides is 2. The van der Waals surface area contributed by atoms with Gasteiger partial charge in [0.2, 0.25) is 11.8 Å². The number of nitrogens with one attached hydrogen (secondary N) is 1. The molecule has 0 radical (unpaired) electrons. The molecular weight excluding hydrogens is 462 g/mol. The van der Waals surface area contributed by atoms with Crippen molar-refractivity contribution in [2.24, 2.45) is 0 Å². The zero-order valence-corrected chi connectivity index (χ0v) is 19.8. The second-order valence-electron chi connectivity index (χ2n) is 7.20. The molecule has 1 N–H and O–H groups in total. The number of carbonyl (C=O) groups excluding carboxylic acids is 2. The molecule has 0 aliphatic carbocycles. The van der Waals surface area contributed by atoms with Gasteiger partial charge in [0.15, 0.2) is 0 Å². The SMILES string of the molecule is CCCCNC(=O)[C@H](CC)N(Cc1ccc(Cl)cc1Cl)C(=O)Cc1c(F)cccc1Cl. The molecule has 168 valence electrons. The van der Waals surface area contributed by atoms with Gasteiger partial charge in [0, 0.05) is 33.7 Å². The van der Waals surface area contributed by atoms with Crippen molar-refractivity contribution in [2.75, 3.05) is 6.54 Å². The van der Waals surface area contributed by atoms with E-state index in [1.165, 1.54) is 23.1 Å². The molecule has 0 unspecified atom stereocenters. The van der Waals surface area contributed by atoms with E-state index in [1.54, 1.807) is 18.2 Å². The Hall–Kier alpha value is -1.82. The van der Waals surface area contributed by atoms with Crippen LogP contribution in [0.25, 0.3) is 0 Å². The fourth-order valence-corrected chi connectivity index (χ4v) is 3.91. The monoisotopic (exact) mass is 486 g/mol. The Morgan fingerprint density at radius 2 is 1.84 bits per heavy atom. The van der Waals surface area contributed by atoms with E-state index in [9.17, 15) is 14.0 Å². The molecule has 0 spiro atoms. The Balaban J connectivity index is 2.35. The minimum absolute atomic E-state index is 0.0839. The molecule has 0 fully saturated rings. The van der Waals surface area contributed by atoms with Crippen molar-refractivity contribution >= 4 is 46.6 Å². The molecule has 31 heavy (non-hydrogen) atoms. The first-order valence-corrected chi connectivity index (χ1v) is 11.4. The molecule has 0 aliphatic rings. The van der Waals surface area contributed by atoms with Gasteiger partial charge < -0.3 is 10.2 Å². The third kappa shape index (κ3) is 7.09. The van der Waals surface area contributed by atoms with Gasteiger partial charge in [-0.2, -0.15) is 0 Å². The lowest BCUT2D eigenvalue weighted by Gasteiger charge is -2.31. The second kappa shape index (κ2) is 12.3. The molecule has 2 aromatic carbocycles. The maximum Gasteiger partial charge on any atom is 0.242 e. The summed E-state index contributed by atoms with van der Waals surface area (Å²) >= 11 is 18.4. The second-order valence-corrected chi connectivity index (χ2v) is 8.45. The maximum absolute atomic E-state index is 14.3. The van der Waals surface area contributed by atoms with Crippen molar-refractivity contribution < 1.29 is 14.0 Å². The van der Waals surface area contributed by atoms with Crippen molar-refractivity contribution in [3.63, 3.8) is 0 Å². The van der Waals surface area contributed by atoms with E-state index < -0.39 is 17.8 Å². The summed E-state index contributed by atoms with van der Waals surface area (Å²) in [7, 11) is 0. The van der Waals surface area contributed by atoms with Crippen LogP contribution in [0.4, 0.5) is 4.39 Å². The van der Waals surface area contributed by atoms with E-state index in [4.69, 9.17) is 34.8 Å². The Morgan fingerprint density at radius 1 is 1.10 bits per heavy atom. The number of hydrogen-bond donors (Lipinski definition) is 1. The summed E-state index contributed by atoms with van der Waals surface area (Å²) in [4.78, 5) is 27.6. The average molecular weight is 488 g/mol. The van der Waals surface area contributed by atoms with E-state index >= 15 is 0 Å². The van der Waals surface area contributed by atoms with Crippen LogP contribution in [0, 0.1) is 5.82 Å². The molecule has 8 heteroatoms. The van der Waals surface area contributed by atoms with Crippen molar-refractivity contribution in [1.29, 1.82) is 0 Å². The summed E-state index contributed by atoms with van der Waals surface area (Å²) in [6.07, 6.45) is 1.89. The Labute approximate surface area is 197 Å². The highest BCUT2D eigenvalue weighted by Crippen LogP contribution is 2.25. The quantitative estimate of drug-likeness (QED) is 0.415. The predicted octanol–water partition coefficient (Wildman–Crippen LogP) is 6.05. The van der Waals surface area contributed by atoms with Crippen LogP contribution >= 0.6 is 34.8 Å². The van der Waals surface area contributed by atoms with Gasteiger partial charge in [-0.25, -0.2) is 4.39 Å². The lowest BCUT2D eigenvalue weighted by Crippen LogP contribution is -2.49. The number of nitrogens with zero attached hydrogens (tertiary/aromatic N) is 1. The average Bonchev–Trinajstić information content (AvgIpc) is 2.72. The summed E-state index contributed by atoms with van der Waals surface area (Å²) in [5, 5.41) is 3.90. The van der Waals surface area contributed by atoms with E-state index in [2.05, 4.69) is 5.32 Å². The van der Waals surface area contributed by atoms with E-state index in [0.29, 0.717) is 28.6 Å². The standard InChI is InChI=1S/C23H26Cl3FN2O2/c1-3-5-11-28-23(31)21(4-2)29(14-15-9-10-16(24)12-19(15)26)22(30)13-17-18(25)7-6-8-20(17)27/h6-10,12,21H,3-5,11,13-14H2,1-2H3,(H,28,31)/t21-/m0/s1. The number of benzene rings is 2. The number of rotatable bonds is 10. The smallest absolute Gasteiger partial charge is 0.242 e. The van der Waals surface area contributed by atoms with Crippen LogP contribution in [-0.2, 0) is 22.6 Å². The van der Waals surface area contributed by atoms with Crippen LogP contribution in [0.15, 0.2) is 36.4 Å². The first-order valence-electron chi connectivity index (χ1n) is 10.2. The molecule has 0 aliphatic heterocycles. The van der Waals surface area contributed by atoms with Crippen LogP contribution in [0.5, 0.6) is 0 Å². The fraction of sp³-hybridized carbons (Fsp3) is 0.391. The van der Waals surface area contributed by atoms with Gasteiger partial charge in [-0.3, -0.25) is 9.59 Å². The fourth-order valence-electron chi connectivity index (χ4n) is 3.21. The minimum Gasteiger partial charge on any atom is -0.354 e. The molecule has 1 atom stereocenters. The first kappa shape index (κ1) is 25.4. The lowest BCUT2D eigenvalue weighted by atomic mass is 10.1. The molecule has 2 amide bonds. The Morgan fingerprint density at radius 3 is 2.45 bits per heavy atom. The molecule has 0 aromatic heterocycles. The predicted molar refractivity (Wildman–Crippen MR) is 124 cm³/mol. The van der Waals surface area contributed by atoms with Crippen LogP contribution in [0.1, 0.15) is 44.2 Å². The van der Waals surface area contributed by atoms with Gasteiger partial charge in [-0.05, 0) is 42.7 Å². The molecule has 0 bridgehead atoms. The number of unbranched alkanes of at least 4 members (excludes halogenated alkanes) is 1. The summed E-state index contributed by atoms with van der Waals surface area (Å²) in [6, 6.07) is 8.49. The van der Waals surface area contributed by atoms with Crippen LogP contribution in [0.2, 0.25) is 15.1 Å².